The summed E-state index contributed by atoms with van der Waals surface area (Å²) in [6.07, 6.45) is 4.18. The first-order valence-electron chi connectivity index (χ1n) is 22.4. The van der Waals surface area contributed by atoms with Crippen LogP contribution in [0.3, 0.4) is 0 Å². The van der Waals surface area contributed by atoms with E-state index in [2.05, 4.69) is 246 Å². The van der Waals surface area contributed by atoms with E-state index in [-0.39, 0.29) is 37.3 Å². The number of nitrogens with zero attached hydrogens (tertiary/aromatic N) is 4. The van der Waals surface area contributed by atoms with Crippen molar-refractivity contribution in [3.63, 3.8) is 0 Å². The molecule has 0 aliphatic carbocycles. The second-order valence-electron chi connectivity index (χ2n) is 19.1. The van der Waals surface area contributed by atoms with Crippen molar-refractivity contribution in [2.45, 2.75) is 64.7 Å². The molecule has 0 atom stereocenters. The van der Waals surface area contributed by atoms with Crippen LogP contribution in [0.2, 0.25) is 0 Å². The molecule has 0 saturated carbocycles. The number of hydrogen-bond donors (Lipinski definition) is 0. The van der Waals surface area contributed by atoms with Crippen LogP contribution < -0.4 is 14.5 Å². The Labute approximate surface area is 404 Å². The number of allylic oxidation sites excluding steroid dienone is 1. The number of benzene rings is 7. The van der Waals surface area contributed by atoms with Crippen molar-refractivity contribution >= 4 is 33.2 Å². The number of anilines is 2. The fourth-order valence-corrected chi connectivity index (χ4v) is 9.08. The average Bonchev–Trinajstić information content (AvgIpc) is 3.93. The van der Waals surface area contributed by atoms with E-state index in [0.717, 1.165) is 50.3 Å². The van der Waals surface area contributed by atoms with Crippen molar-refractivity contribution in [3.05, 3.63) is 235 Å². The van der Waals surface area contributed by atoms with Crippen molar-refractivity contribution in [2.24, 2.45) is 0 Å². The van der Waals surface area contributed by atoms with Gasteiger partial charge < -0.3 is 19.1 Å². The van der Waals surface area contributed by atoms with Crippen molar-refractivity contribution < 1.29 is 25.8 Å². The molecule has 1 aliphatic rings. The Hall–Kier alpha value is -6.68. The first-order chi connectivity index (χ1) is 31.3. The fraction of sp³-hybridized carbons (Fsp3) is 0.167. The smallest absolute Gasteiger partial charge is 0.135 e. The van der Waals surface area contributed by atoms with Gasteiger partial charge in [-0.3, -0.25) is 0 Å². The predicted octanol–water partition coefficient (Wildman–Crippen LogP) is 15.1. The van der Waals surface area contributed by atoms with Crippen LogP contribution in [0.4, 0.5) is 11.4 Å². The standard InChI is InChI=1S/C60H53N4O.Pt/c1-58(2,3)46-25-17-26-48(36-46)62-40-56(60(6,7)45-23-15-10-16-24-45)63(41-62)49-27-18-28-50(38-49)65-51-30-31-52-53-35-43(42-19-11-8-12-20-42)29-32-54(53)64(55(52)39-51)57-37-47(33-34-61-57)59(4,5)44-21-13-9-14-22-44;/h8-37,40-41H,1-7H3;/q-3;. The zero-order chi connectivity index (χ0) is 44.9. The molecule has 2 aromatic heterocycles. The van der Waals surface area contributed by atoms with Crippen LogP contribution >= 0.6 is 0 Å². The summed E-state index contributed by atoms with van der Waals surface area (Å²) in [5, 5.41) is 2.19. The molecule has 10 rings (SSSR count). The summed E-state index contributed by atoms with van der Waals surface area (Å²) in [4.78, 5) is 9.48. The Morgan fingerprint density at radius 3 is 1.89 bits per heavy atom. The van der Waals surface area contributed by atoms with E-state index in [9.17, 15) is 0 Å². The second-order valence-corrected chi connectivity index (χ2v) is 19.1. The van der Waals surface area contributed by atoms with Gasteiger partial charge in [-0.25, -0.2) is 4.98 Å². The van der Waals surface area contributed by atoms with Gasteiger partial charge in [0, 0.05) is 66.5 Å². The van der Waals surface area contributed by atoms with Gasteiger partial charge in [-0.05, 0) is 80.7 Å². The van der Waals surface area contributed by atoms with Crippen molar-refractivity contribution in [3.8, 4) is 28.4 Å². The molecule has 0 radical (unpaired) electrons. The van der Waals surface area contributed by atoms with Gasteiger partial charge in [0.05, 0.1) is 0 Å². The Kier molecular flexibility index (Phi) is 11.9. The number of aromatic nitrogens is 2. The van der Waals surface area contributed by atoms with Crippen LogP contribution in [-0.2, 0) is 37.3 Å². The minimum atomic E-state index is -0.340. The third-order valence-corrected chi connectivity index (χ3v) is 13.1. The summed E-state index contributed by atoms with van der Waals surface area (Å²) >= 11 is 0. The Balaban J connectivity index is 0.00000548. The maximum atomic E-state index is 6.75. The van der Waals surface area contributed by atoms with Gasteiger partial charge >= 0.3 is 0 Å². The molecule has 7 aromatic carbocycles. The van der Waals surface area contributed by atoms with Crippen molar-refractivity contribution in [2.75, 3.05) is 9.80 Å². The minimum absolute atomic E-state index is 0. The van der Waals surface area contributed by atoms with E-state index in [4.69, 9.17) is 9.72 Å². The topological polar surface area (TPSA) is 33.5 Å². The molecule has 3 heterocycles. The van der Waals surface area contributed by atoms with Crippen LogP contribution in [0, 0.1) is 18.8 Å². The molecule has 0 saturated heterocycles. The third-order valence-electron chi connectivity index (χ3n) is 13.1. The fourth-order valence-electron chi connectivity index (χ4n) is 9.08. The molecular weight excluding hydrogens is 988 g/mol. The molecule has 0 amide bonds. The van der Waals surface area contributed by atoms with Gasteiger partial charge in [0.25, 0.3) is 0 Å². The van der Waals surface area contributed by atoms with Gasteiger partial charge in [0.15, 0.2) is 0 Å². The predicted molar refractivity (Wildman–Crippen MR) is 269 cm³/mol. The molecule has 0 unspecified atom stereocenters. The van der Waals surface area contributed by atoms with Gasteiger partial charge in [-0.1, -0.05) is 169 Å². The third kappa shape index (κ3) is 8.38. The quantitative estimate of drug-likeness (QED) is 0.128. The molecule has 1 aliphatic heterocycles. The molecule has 66 heavy (non-hydrogen) atoms. The monoisotopic (exact) mass is 1040 g/mol. The summed E-state index contributed by atoms with van der Waals surface area (Å²) in [5.41, 5.74) is 11.7. The van der Waals surface area contributed by atoms with Crippen molar-refractivity contribution in [1.29, 1.82) is 0 Å². The number of hydrogen-bond acceptors (Lipinski definition) is 4. The largest absolute Gasteiger partial charge is 0.509 e. The Bertz CT molecular complexity index is 3200. The molecule has 0 fully saturated rings. The number of fused-ring (bicyclic) bond motifs is 3. The van der Waals surface area contributed by atoms with Crippen LogP contribution in [0.25, 0.3) is 38.8 Å². The van der Waals surface area contributed by atoms with E-state index in [0.29, 0.717) is 11.5 Å². The van der Waals surface area contributed by atoms with Gasteiger partial charge in [0.2, 0.25) is 0 Å². The molecule has 332 valence electrons. The van der Waals surface area contributed by atoms with E-state index >= 15 is 0 Å². The second kappa shape index (κ2) is 17.6. The SMILES string of the molecule is CC(C)(C)c1cccc(N2C=C(C(C)(C)c3ccccc3)N(c3[c-]c(Oc4[c-]c5c(cc4)c4cc(-c6ccccc6)ccc4n5-c4cc(C(C)(C)c5ccccc5)ccn4)ccc3)[CH-]2)c1.[Pt]. The van der Waals surface area contributed by atoms with Crippen LogP contribution in [0.15, 0.2) is 194 Å². The van der Waals surface area contributed by atoms with E-state index in [1.807, 2.05) is 24.4 Å². The normalized spacial score (nSPS) is 13.2. The summed E-state index contributed by atoms with van der Waals surface area (Å²) in [6.45, 7) is 18.0. The Morgan fingerprint density at radius 1 is 0.530 bits per heavy atom. The average molecular weight is 1040 g/mol. The van der Waals surface area contributed by atoms with Crippen LogP contribution in [0.1, 0.15) is 70.7 Å². The van der Waals surface area contributed by atoms with E-state index < -0.39 is 0 Å². The number of pyridine rings is 1. The summed E-state index contributed by atoms with van der Waals surface area (Å²) < 4.78 is 8.98. The Morgan fingerprint density at radius 2 is 1.18 bits per heavy atom. The van der Waals surface area contributed by atoms with Gasteiger partial charge in [-0.15, -0.1) is 48.1 Å². The molecule has 6 heteroatoms. The van der Waals surface area contributed by atoms with E-state index in [1.165, 1.54) is 27.8 Å². The minimum Gasteiger partial charge on any atom is -0.509 e. The van der Waals surface area contributed by atoms with Crippen molar-refractivity contribution in [1.82, 2.24) is 9.55 Å². The maximum Gasteiger partial charge on any atom is 0.135 e. The van der Waals surface area contributed by atoms with Gasteiger partial charge in [0.1, 0.15) is 5.82 Å². The molecule has 9 aromatic rings. The molecule has 0 spiro atoms. The maximum absolute atomic E-state index is 6.75. The van der Waals surface area contributed by atoms with Gasteiger partial charge in [-0.2, -0.15) is 12.1 Å². The summed E-state index contributed by atoms with van der Waals surface area (Å²) in [5.74, 6) is 2.00. The molecular formula is C60H53N4OPt-3. The molecule has 0 N–H and O–H groups in total. The molecule has 5 nitrogen and oxygen atoms in total. The zero-order valence-corrected chi connectivity index (χ0v) is 40.8. The van der Waals surface area contributed by atoms with E-state index in [1.54, 1.807) is 0 Å². The summed E-state index contributed by atoms with van der Waals surface area (Å²) in [6, 6.07) is 69.4. The van der Waals surface area contributed by atoms with Crippen LogP contribution in [-0.4, -0.2) is 9.55 Å². The summed E-state index contributed by atoms with van der Waals surface area (Å²) in [7, 11) is 0. The number of rotatable bonds is 10. The first-order valence-corrected chi connectivity index (χ1v) is 22.4. The molecule has 0 bridgehead atoms. The number of ether oxygens (including phenoxy) is 1. The first kappa shape index (κ1) is 44.5. The van der Waals surface area contributed by atoms with Crippen LogP contribution in [0.5, 0.6) is 11.5 Å². The zero-order valence-electron chi connectivity index (χ0n) is 38.5.